The molecule has 0 saturated heterocycles. The molecule has 0 fully saturated rings. The molecule has 0 aliphatic carbocycles. The molecule has 1 rings (SSSR count). The van der Waals surface area contributed by atoms with Gasteiger partial charge in [0.05, 0.1) is 11.6 Å². The SMILES string of the molecule is CC(C)Oc1ccc(NS(=O)(=O)CC(=O)NC(C)(CN)C(C)C)cc1. The molecule has 0 heterocycles. The van der Waals surface area contributed by atoms with E-state index >= 15 is 0 Å². The van der Waals surface area contributed by atoms with Crippen LogP contribution >= 0.6 is 0 Å². The van der Waals surface area contributed by atoms with E-state index in [2.05, 4.69) is 10.0 Å². The molecule has 0 bridgehead atoms. The minimum atomic E-state index is -3.82. The lowest BCUT2D eigenvalue weighted by Gasteiger charge is -2.33. The lowest BCUT2D eigenvalue weighted by atomic mass is 9.88. The number of amides is 1. The number of carbonyl (C=O) groups is 1. The summed E-state index contributed by atoms with van der Waals surface area (Å²) >= 11 is 0. The summed E-state index contributed by atoms with van der Waals surface area (Å²) in [6, 6.07) is 6.51. The number of hydrogen-bond acceptors (Lipinski definition) is 5. The molecule has 142 valence electrons. The summed E-state index contributed by atoms with van der Waals surface area (Å²) in [5, 5.41) is 2.71. The smallest absolute Gasteiger partial charge is 0.241 e. The molecule has 8 heteroatoms. The van der Waals surface area contributed by atoms with Crippen LogP contribution in [-0.2, 0) is 14.8 Å². The third-order valence-corrected chi connectivity index (χ3v) is 5.13. The van der Waals surface area contributed by atoms with Gasteiger partial charge < -0.3 is 15.8 Å². The average Bonchev–Trinajstić information content (AvgIpc) is 2.47. The van der Waals surface area contributed by atoms with Crippen LogP contribution in [0.1, 0.15) is 34.6 Å². The van der Waals surface area contributed by atoms with Gasteiger partial charge in [0.1, 0.15) is 11.5 Å². The van der Waals surface area contributed by atoms with E-state index < -0.39 is 27.2 Å². The van der Waals surface area contributed by atoms with Crippen molar-refractivity contribution in [2.24, 2.45) is 11.7 Å². The molecule has 0 aliphatic heterocycles. The molecule has 0 spiro atoms. The number of nitrogens with one attached hydrogen (secondary N) is 2. The molecule has 7 nitrogen and oxygen atoms in total. The van der Waals surface area contributed by atoms with Crippen molar-refractivity contribution in [3.05, 3.63) is 24.3 Å². The second-order valence-electron chi connectivity index (χ2n) is 6.88. The number of hydrogen-bond donors (Lipinski definition) is 3. The van der Waals surface area contributed by atoms with E-state index in [1.165, 1.54) is 0 Å². The van der Waals surface area contributed by atoms with E-state index in [1.807, 2.05) is 27.7 Å². The highest BCUT2D eigenvalue weighted by atomic mass is 32.2. The Balaban J connectivity index is 2.71. The molecule has 1 aromatic rings. The Bertz CT molecular complexity index is 672. The zero-order valence-corrected chi connectivity index (χ0v) is 16.3. The fraction of sp³-hybridized carbons (Fsp3) is 0.588. The van der Waals surface area contributed by atoms with Crippen LogP contribution in [-0.4, -0.2) is 38.3 Å². The van der Waals surface area contributed by atoms with Gasteiger partial charge in [-0.1, -0.05) is 13.8 Å². The lowest BCUT2D eigenvalue weighted by Crippen LogP contribution is -2.56. The number of carbonyl (C=O) groups excluding carboxylic acids is 1. The van der Waals surface area contributed by atoms with Gasteiger partial charge in [-0.25, -0.2) is 8.42 Å². The summed E-state index contributed by atoms with van der Waals surface area (Å²) < 4.78 is 32.3. The van der Waals surface area contributed by atoms with Crippen LogP contribution in [0.2, 0.25) is 0 Å². The molecule has 0 aromatic heterocycles. The van der Waals surface area contributed by atoms with Crippen LogP contribution in [0, 0.1) is 5.92 Å². The number of anilines is 1. The highest BCUT2D eigenvalue weighted by Crippen LogP contribution is 2.18. The molecular formula is C17H29N3O4S. The van der Waals surface area contributed by atoms with Crippen molar-refractivity contribution in [3.8, 4) is 5.75 Å². The van der Waals surface area contributed by atoms with E-state index in [9.17, 15) is 13.2 Å². The number of sulfonamides is 1. The Hall–Kier alpha value is -1.80. The molecule has 1 atom stereocenters. The Labute approximate surface area is 150 Å². The summed E-state index contributed by atoms with van der Waals surface area (Å²) in [6.07, 6.45) is 0.0315. The maximum atomic E-state index is 12.2. The Morgan fingerprint density at radius 3 is 2.20 bits per heavy atom. The van der Waals surface area contributed by atoms with Gasteiger partial charge in [0.2, 0.25) is 15.9 Å². The first-order valence-corrected chi connectivity index (χ1v) is 9.91. The zero-order valence-electron chi connectivity index (χ0n) is 15.5. The van der Waals surface area contributed by atoms with Crippen LogP contribution in [0.3, 0.4) is 0 Å². The van der Waals surface area contributed by atoms with Crippen molar-refractivity contribution in [2.75, 3.05) is 17.0 Å². The molecule has 1 aromatic carbocycles. The number of nitrogens with two attached hydrogens (primary N) is 1. The highest BCUT2D eigenvalue weighted by Gasteiger charge is 2.30. The number of ether oxygens (including phenoxy) is 1. The van der Waals surface area contributed by atoms with Crippen LogP contribution in [0.15, 0.2) is 24.3 Å². The van der Waals surface area contributed by atoms with Gasteiger partial charge in [-0.2, -0.15) is 0 Å². The molecule has 0 aliphatic rings. The van der Waals surface area contributed by atoms with Crippen LogP contribution < -0.4 is 20.5 Å². The van der Waals surface area contributed by atoms with E-state index in [1.54, 1.807) is 31.2 Å². The molecule has 1 unspecified atom stereocenters. The molecule has 25 heavy (non-hydrogen) atoms. The van der Waals surface area contributed by atoms with Crippen LogP contribution in [0.5, 0.6) is 5.75 Å². The Kier molecular flexibility index (Phi) is 7.25. The predicted octanol–water partition coefficient (Wildman–Crippen LogP) is 1.71. The third-order valence-electron chi connectivity index (χ3n) is 3.94. The van der Waals surface area contributed by atoms with Crippen LogP contribution in [0.4, 0.5) is 5.69 Å². The van der Waals surface area contributed by atoms with E-state index in [0.717, 1.165) is 0 Å². The first-order valence-electron chi connectivity index (χ1n) is 8.25. The summed E-state index contributed by atoms with van der Waals surface area (Å²) in [6.45, 7) is 9.66. The second kappa shape index (κ2) is 8.53. The summed E-state index contributed by atoms with van der Waals surface area (Å²) in [7, 11) is -3.82. The van der Waals surface area contributed by atoms with Gasteiger partial charge in [0, 0.05) is 12.2 Å². The van der Waals surface area contributed by atoms with E-state index in [-0.39, 0.29) is 18.6 Å². The first-order chi connectivity index (χ1) is 11.5. The maximum absolute atomic E-state index is 12.2. The van der Waals surface area contributed by atoms with Crippen molar-refractivity contribution in [1.82, 2.24) is 5.32 Å². The highest BCUT2D eigenvalue weighted by molar-refractivity contribution is 7.93. The fourth-order valence-electron chi connectivity index (χ4n) is 2.05. The molecule has 0 radical (unpaired) electrons. The van der Waals surface area contributed by atoms with E-state index in [0.29, 0.717) is 11.4 Å². The molecular weight excluding hydrogens is 342 g/mol. The van der Waals surface area contributed by atoms with Crippen molar-refractivity contribution < 1.29 is 17.9 Å². The number of rotatable bonds is 9. The van der Waals surface area contributed by atoms with Gasteiger partial charge in [-0.3, -0.25) is 9.52 Å². The second-order valence-corrected chi connectivity index (χ2v) is 8.60. The Morgan fingerprint density at radius 1 is 1.20 bits per heavy atom. The quantitative estimate of drug-likeness (QED) is 0.612. The van der Waals surface area contributed by atoms with Crippen molar-refractivity contribution >= 4 is 21.6 Å². The van der Waals surface area contributed by atoms with E-state index in [4.69, 9.17) is 10.5 Å². The van der Waals surface area contributed by atoms with Crippen molar-refractivity contribution in [2.45, 2.75) is 46.3 Å². The topological polar surface area (TPSA) is 111 Å². The summed E-state index contributed by atoms with van der Waals surface area (Å²) in [4.78, 5) is 12.1. The van der Waals surface area contributed by atoms with Gasteiger partial charge >= 0.3 is 0 Å². The molecule has 0 saturated carbocycles. The Morgan fingerprint density at radius 2 is 1.76 bits per heavy atom. The first kappa shape index (κ1) is 21.2. The zero-order chi connectivity index (χ0) is 19.3. The predicted molar refractivity (Wildman–Crippen MR) is 100 cm³/mol. The van der Waals surface area contributed by atoms with Crippen molar-refractivity contribution in [1.29, 1.82) is 0 Å². The summed E-state index contributed by atoms with van der Waals surface area (Å²) in [5.41, 5.74) is 5.42. The normalized spacial score (nSPS) is 14.2. The summed E-state index contributed by atoms with van der Waals surface area (Å²) in [5.74, 6) is -0.537. The van der Waals surface area contributed by atoms with Gasteiger partial charge in [-0.15, -0.1) is 0 Å². The molecule has 4 N–H and O–H groups in total. The minimum absolute atomic E-state index is 0.0315. The van der Waals surface area contributed by atoms with Crippen LogP contribution in [0.25, 0.3) is 0 Å². The number of benzene rings is 1. The maximum Gasteiger partial charge on any atom is 0.241 e. The van der Waals surface area contributed by atoms with Gasteiger partial charge in [0.15, 0.2) is 0 Å². The fourth-order valence-corrected chi connectivity index (χ4v) is 3.03. The standard InChI is InChI=1S/C17H29N3O4S/c1-12(2)17(5,11-18)19-16(21)10-25(22,23)20-14-6-8-15(9-7-14)24-13(3)4/h6-9,12-13,20H,10-11,18H2,1-5H3,(H,19,21). The largest absolute Gasteiger partial charge is 0.491 e. The average molecular weight is 372 g/mol. The monoisotopic (exact) mass is 371 g/mol. The lowest BCUT2D eigenvalue weighted by molar-refractivity contribution is -0.120. The minimum Gasteiger partial charge on any atom is -0.491 e. The van der Waals surface area contributed by atoms with Gasteiger partial charge in [0.25, 0.3) is 0 Å². The third kappa shape index (κ3) is 6.91. The van der Waals surface area contributed by atoms with Crippen molar-refractivity contribution in [3.63, 3.8) is 0 Å². The molecule has 1 amide bonds. The van der Waals surface area contributed by atoms with Gasteiger partial charge in [-0.05, 0) is 51.0 Å².